The lowest BCUT2D eigenvalue weighted by molar-refractivity contribution is 0.0845. The van der Waals surface area contributed by atoms with Crippen LogP contribution in [0.4, 0.5) is 0 Å². The second-order valence-electron chi connectivity index (χ2n) is 5.14. The van der Waals surface area contributed by atoms with E-state index in [2.05, 4.69) is 10.4 Å². The molecule has 2 unspecified atom stereocenters. The second-order valence-corrected chi connectivity index (χ2v) is 5.14. The molecule has 2 atom stereocenters. The van der Waals surface area contributed by atoms with Gasteiger partial charge in [-0.25, -0.2) is 4.68 Å². The van der Waals surface area contributed by atoms with Crippen LogP contribution in [0.15, 0.2) is 42.6 Å². The highest BCUT2D eigenvalue weighted by Crippen LogP contribution is 2.08. The lowest BCUT2D eigenvalue weighted by Crippen LogP contribution is -2.35. The molecule has 0 radical (unpaired) electrons. The monoisotopic (exact) mass is 287 g/mol. The molecule has 0 aliphatic carbocycles. The van der Waals surface area contributed by atoms with Crippen molar-refractivity contribution < 1.29 is 9.90 Å². The van der Waals surface area contributed by atoms with Gasteiger partial charge in [0.2, 0.25) is 0 Å². The van der Waals surface area contributed by atoms with E-state index in [1.54, 1.807) is 16.9 Å². The van der Waals surface area contributed by atoms with Crippen molar-refractivity contribution in [2.45, 2.75) is 26.4 Å². The molecule has 5 heteroatoms. The lowest BCUT2D eigenvalue weighted by Gasteiger charge is -2.17. The molecule has 0 aliphatic heterocycles. The molecule has 0 saturated heterocycles. The number of amides is 1. The van der Waals surface area contributed by atoms with Gasteiger partial charge < -0.3 is 10.4 Å². The van der Waals surface area contributed by atoms with Crippen molar-refractivity contribution in [1.29, 1.82) is 0 Å². The fourth-order valence-electron chi connectivity index (χ4n) is 1.93. The summed E-state index contributed by atoms with van der Waals surface area (Å²) in [6.07, 6.45) is 2.09. The van der Waals surface area contributed by atoms with E-state index in [-0.39, 0.29) is 18.4 Å². The lowest BCUT2D eigenvalue weighted by atomic mass is 10.0. The van der Waals surface area contributed by atoms with Gasteiger partial charge >= 0.3 is 0 Å². The summed E-state index contributed by atoms with van der Waals surface area (Å²) in [6, 6.07) is 11.3. The molecular formula is C16H21N3O2. The Balaban J connectivity index is 1.97. The molecule has 112 valence electrons. The number of hydrogen-bond donors (Lipinski definition) is 2. The molecule has 1 aromatic carbocycles. The Hall–Kier alpha value is -2.14. The molecule has 1 amide bonds. The maximum absolute atomic E-state index is 12.0. The van der Waals surface area contributed by atoms with Gasteiger partial charge in [-0.15, -0.1) is 0 Å². The van der Waals surface area contributed by atoms with Crippen molar-refractivity contribution >= 4 is 5.91 Å². The largest absolute Gasteiger partial charge is 0.391 e. The Labute approximate surface area is 124 Å². The van der Waals surface area contributed by atoms with E-state index in [0.29, 0.717) is 5.69 Å². The zero-order chi connectivity index (χ0) is 15.2. The Kier molecular flexibility index (Phi) is 5.11. The first kappa shape index (κ1) is 15.3. The molecule has 0 spiro atoms. The van der Waals surface area contributed by atoms with Crippen LogP contribution >= 0.6 is 0 Å². The Morgan fingerprint density at radius 2 is 2.05 bits per heavy atom. The number of benzene rings is 1. The van der Waals surface area contributed by atoms with Crippen LogP contribution < -0.4 is 5.32 Å². The van der Waals surface area contributed by atoms with E-state index in [1.807, 2.05) is 44.2 Å². The van der Waals surface area contributed by atoms with Gasteiger partial charge in [0.05, 0.1) is 11.8 Å². The summed E-state index contributed by atoms with van der Waals surface area (Å²) in [6.45, 7) is 4.21. The smallest absolute Gasteiger partial charge is 0.271 e. The first-order valence-corrected chi connectivity index (χ1v) is 7.19. The van der Waals surface area contributed by atoms with Crippen LogP contribution in [0.1, 0.15) is 30.8 Å². The fourth-order valence-corrected chi connectivity index (χ4v) is 1.93. The van der Waals surface area contributed by atoms with Gasteiger partial charge in [0.15, 0.2) is 5.69 Å². The number of carbonyl (C=O) groups is 1. The molecule has 0 bridgehead atoms. The molecule has 2 aromatic rings. The first-order valence-electron chi connectivity index (χ1n) is 7.19. The van der Waals surface area contributed by atoms with E-state index < -0.39 is 6.10 Å². The van der Waals surface area contributed by atoms with Gasteiger partial charge in [0.25, 0.3) is 5.91 Å². The zero-order valence-corrected chi connectivity index (χ0v) is 12.4. The summed E-state index contributed by atoms with van der Waals surface area (Å²) in [4.78, 5) is 12.0. The van der Waals surface area contributed by atoms with Crippen molar-refractivity contribution in [2.24, 2.45) is 5.92 Å². The third-order valence-electron chi connectivity index (χ3n) is 3.62. The molecule has 0 saturated carbocycles. The molecular weight excluding hydrogens is 266 g/mol. The van der Waals surface area contributed by atoms with Gasteiger partial charge in [0, 0.05) is 12.7 Å². The summed E-state index contributed by atoms with van der Waals surface area (Å²) in [7, 11) is 0. The maximum Gasteiger partial charge on any atom is 0.271 e. The normalized spacial score (nSPS) is 13.7. The highest BCUT2D eigenvalue weighted by Gasteiger charge is 2.15. The summed E-state index contributed by atoms with van der Waals surface area (Å²) in [5.74, 6) is -0.112. The average Bonchev–Trinajstić information content (AvgIpc) is 3.02. The van der Waals surface area contributed by atoms with Crippen LogP contribution in [0.2, 0.25) is 0 Å². The van der Waals surface area contributed by atoms with Crippen LogP contribution in [0.25, 0.3) is 5.69 Å². The predicted octanol–water partition coefficient (Wildman–Crippen LogP) is 2.01. The minimum Gasteiger partial charge on any atom is -0.391 e. The number of aliphatic hydroxyl groups excluding tert-OH is 1. The summed E-state index contributed by atoms with van der Waals surface area (Å²) < 4.78 is 1.65. The first-order chi connectivity index (χ1) is 10.1. The third kappa shape index (κ3) is 3.92. The van der Waals surface area contributed by atoms with E-state index >= 15 is 0 Å². The molecule has 1 heterocycles. The highest BCUT2D eigenvalue weighted by atomic mass is 16.3. The summed E-state index contributed by atoms with van der Waals surface area (Å²) >= 11 is 0. The van der Waals surface area contributed by atoms with Crippen LogP contribution in [0, 0.1) is 5.92 Å². The van der Waals surface area contributed by atoms with Crippen molar-refractivity contribution in [2.75, 3.05) is 6.54 Å². The van der Waals surface area contributed by atoms with Crippen molar-refractivity contribution in [3.8, 4) is 5.69 Å². The van der Waals surface area contributed by atoms with Crippen LogP contribution in [-0.2, 0) is 0 Å². The number of nitrogens with one attached hydrogen (secondary N) is 1. The zero-order valence-electron chi connectivity index (χ0n) is 12.4. The molecule has 1 aromatic heterocycles. The fraction of sp³-hybridized carbons (Fsp3) is 0.375. The number of rotatable bonds is 6. The molecule has 2 rings (SSSR count). The van der Waals surface area contributed by atoms with E-state index in [1.165, 1.54) is 0 Å². The number of nitrogens with zero attached hydrogens (tertiary/aromatic N) is 2. The van der Waals surface area contributed by atoms with Crippen LogP contribution in [0.5, 0.6) is 0 Å². The molecule has 0 fully saturated rings. The standard InChI is InChI=1S/C16H21N3O2/c1-3-12(2)15(20)11-17-16(21)14-9-10-19(18-14)13-7-5-4-6-8-13/h4-10,12,15,20H,3,11H2,1-2H3,(H,17,21). The number of aliphatic hydroxyl groups is 1. The SMILES string of the molecule is CCC(C)C(O)CNC(=O)c1ccn(-c2ccccc2)n1. The average molecular weight is 287 g/mol. The van der Waals surface area contributed by atoms with Gasteiger partial charge in [-0.2, -0.15) is 5.10 Å². The summed E-state index contributed by atoms with van der Waals surface area (Å²) in [5.41, 5.74) is 1.24. The van der Waals surface area contributed by atoms with Gasteiger partial charge in [-0.05, 0) is 24.1 Å². The molecule has 0 aliphatic rings. The van der Waals surface area contributed by atoms with E-state index in [9.17, 15) is 9.90 Å². The van der Waals surface area contributed by atoms with Crippen LogP contribution in [-0.4, -0.2) is 33.4 Å². The second kappa shape index (κ2) is 7.04. The van der Waals surface area contributed by atoms with Crippen molar-refractivity contribution in [3.63, 3.8) is 0 Å². The number of hydrogen-bond acceptors (Lipinski definition) is 3. The molecule has 21 heavy (non-hydrogen) atoms. The van der Waals surface area contributed by atoms with Crippen LogP contribution in [0.3, 0.4) is 0 Å². The number of carbonyl (C=O) groups excluding carboxylic acids is 1. The summed E-state index contributed by atoms with van der Waals surface area (Å²) in [5, 5.41) is 16.8. The number of aromatic nitrogens is 2. The van der Waals surface area contributed by atoms with E-state index in [0.717, 1.165) is 12.1 Å². The Morgan fingerprint density at radius 1 is 1.33 bits per heavy atom. The molecule has 2 N–H and O–H groups in total. The maximum atomic E-state index is 12.0. The van der Waals surface area contributed by atoms with E-state index in [4.69, 9.17) is 0 Å². The van der Waals surface area contributed by atoms with Gasteiger partial charge in [0.1, 0.15) is 0 Å². The number of para-hydroxylation sites is 1. The Morgan fingerprint density at radius 3 is 2.71 bits per heavy atom. The van der Waals surface area contributed by atoms with Gasteiger partial charge in [-0.1, -0.05) is 38.5 Å². The third-order valence-corrected chi connectivity index (χ3v) is 3.62. The highest BCUT2D eigenvalue weighted by molar-refractivity contribution is 5.92. The minimum absolute atomic E-state index is 0.159. The van der Waals surface area contributed by atoms with Crippen molar-refractivity contribution in [3.05, 3.63) is 48.3 Å². The predicted molar refractivity (Wildman–Crippen MR) is 81.4 cm³/mol. The topological polar surface area (TPSA) is 67.2 Å². The molecule has 5 nitrogen and oxygen atoms in total. The Bertz CT molecular complexity index is 580. The minimum atomic E-state index is -0.532. The van der Waals surface area contributed by atoms with Gasteiger partial charge in [-0.3, -0.25) is 4.79 Å². The van der Waals surface area contributed by atoms with Crippen molar-refractivity contribution in [1.82, 2.24) is 15.1 Å². The quantitative estimate of drug-likeness (QED) is 0.854.